The predicted molar refractivity (Wildman–Crippen MR) is 90.6 cm³/mol. The van der Waals surface area contributed by atoms with E-state index < -0.39 is 24.5 Å². The molecule has 4 N–H and O–H groups in total. The highest BCUT2D eigenvalue weighted by Gasteiger charge is 2.39. The zero-order chi connectivity index (χ0) is 19.5. The molecule has 1 amide bonds. The second kappa shape index (κ2) is 8.55. The van der Waals surface area contributed by atoms with Crippen molar-refractivity contribution in [3.05, 3.63) is 45.7 Å². The number of carbonyl (C=O) groups is 1. The molecular formula is C13H14ClF3N8O2. The number of hydrazine groups is 1. The number of nitroso groups, excluding NO2 is 1. The summed E-state index contributed by atoms with van der Waals surface area (Å²) in [6.45, 7) is -0.633. The lowest BCUT2D eigenvalue weighted by molar-refractivity contribution is -0.0697. The van der Waals surface area contributed by atoms with E-state index in [-0.39, 0.29) is 34.7 Å². The van der Waals surface area contributed by atoms with E-state index in [4.69, 9.17) is 23.3 Å². The van der Waals surface area contributed by atoms with Gasteiger partial charge in [-0.15, -0.1) is 4.91 Å². The lowest BCUT2D eigenvalue weighted by atomic mass is 10.3. The van der Waals surface area contributed by atoms with Gasteiger partial charge in [-0.25, -0.2) is 15.5 Å². The summed E-state index contributed by atoms with van der Waals surface area (Å²) in [7, 11) is 0. The molecule has 0 saturated carbocycles. The van der Waals surface area contributed by atoms with Gasteiger partial charge in [0.15, 0.2) is 5.82 Å². The van der Waals surface area contributed by atoms with Crippen molar-refractivity contribution in [2.45, 2.75) is 20.1 Å². The topological polar surface area (TPSA) is 145 Å². The summed E-state index contributed by atoms with van der Waals surface area (Å²) >= 11 is 5.96. The molecule has 0 atom stereocenters. The Morgan fingerprint density at radius 1 is 1.41 bits per heavy atom. The number of hydrazone groups is 1. The molecule has 0 aliphatic rings. The molecule has 0 aromatic carbocycles. The molecule has 0 aliphatic carbocycles. The summed E-state index contributed by atoms with van der Waals surface area (Å²) in [6.07, 6.45) is -3.57. The van der Waals surface area contributed by atoms with Gasteiger partial charge in [0.2, 0.25) is 5.84 Å². The van der Waals surface area contributed by atoms with Crippen LogP contribution in [-0.2, 0) is 6.54 Å². The summed E-state index contributed by atoms with van der Waals surface area (Å²) in [5.41, 5.74) is -0.478. The van der Waals surface area contributed by atoms with Crippen LogP contribution in [0, 0.1) is 4.91 Å². The van der Waals surface area contributed by atoms with Gasteiger partial charge in [0, 0.05) is 11.4 Å². The van der Waals surface area contributed by atoms with Crippen LogP contribution in [0.3, 0.4) is 0 Å². The number of hydrogen-bond donors (Lipinski definition) is 2. The Kier molecular flexibility index (Phi) is 6.96. The van der Waals surface area contributed by atoms with Gasteiger partial charge in [0.05, 0.1) is 17.3 Å². The number of pyridine rings is 1. The van der Waals surface area contributed by atoms with Crippen LogP contribution in [0.15, 0.2) is 34.7 Å². The van der Waals surface area contributed by atoms with Crippen molar-refractivity contribution < 1.29 is 18.0 Å². The van der Waals surface area contributed by atoms with Crippen molar-refractivity contribution >= 4 is 23.3 Å². The van der Waals surface area contributed by atoms with Gasteiger partial charge in [-0.3, -0.25) is 9.80 Å². The first-order chi connectivity index (χ1) is 12.2. The van der Waals surface area contributed by atoms with Gasteiger partial charge in [-0.2, -0.15) is 23.4 Å². The third kappa shape index (κ3) is 4.77. The minimum absolute atomic E-state index is 0. The molecular weight excluding hydrogens is 393 g/mol. The number of halogens is 4. The van der Waals surface area contributed by atoms with Crippen molar-refractivity contribution in [1.29, 1.82) is 0 Å². The molecule has 10 nitrogen and oxygen atoms in total. The van der Waals surface area contributed by atoms with Gasteiger partial charge in [0.1, 0.15) is 5.69 Å². The van der Waals surface area contributed by atoms with Crippen LogP contribution in [0.2, 0.25) is 5.02 Å². The summed E-state index contributed by atoms with van der Waals surface area (Å²) in [6, 6.07) is 3.97. The average Bonchev–Trinajstić information content (AvgIpc) is 2.97. The van der Waals surface area contributed by atoms with Crippen molar-refractivity contribution in [3.63, 3.8) is 0 Å². The van der Waals surface area contributed by atoms with Crippen molar-refractivity contribution in [2.24, 2.45) is 22.0 Å². The highest BCUT2D eigenvalue weighted by molar-refractivity contribution is 6.32. The minimum atomic E-state index is -4.90. The molecule has 2 aromatic heterocycles. The van der Waals surface area contributed by atoms with E-state index in [0.717, 1.165) is 10.7 Å². The Bertz CT molecular complexity index is 867. The molecule has 0 unspecified atom stereocenters. The summed E-state index contributed by atoms with van der Waals surface area (Å²) < 4.78 is 39.2. The predicted octanol–water partition coefficient (Wildman–Crippen LogP) is 1.97. The lowest BCUT2D eigenvalue weighted by Crippen LogP contribution is -2.46. The van der Waals surface area contributed by atoms with Crippen LogP contribution in [0.4, 0.5) is 13.2 Å². The van der Waals surface area contributed by atoms with Crippen molar-refractivity contribution in [3.8, 4) is 5.82 Å². The van der Waals surface area contributed by atoms with Crippen LogP contribution < -0.4 is 11.7 Å². The van der Waals surface area contributed by atoms with E-state index >= 15 is 0 Å². The summed E-state index contributed by atoms with van der Waals surface area (Å²) in [5.74, 6) is 7.22. The second-order valence-electron chi connectivity index (χ2n) is 4.72. The Balaban J connectivity index is 0.00000364. The Hall–Kier alpha value is -3.06. The van der Waals surface area contributed by atoms with Gasteiger partial charge in [-0.05, 0) is 18.2 Å². The number of alkyl halides is 3. The minimum Gasteiger partial charge on any atom is -0.321 e. The summed E-state index contributed by atoms with van der Waals surface area (Å²) in [4.78, 5) is 26.2. The number of hydrogen-bond acceptors (Lipinski definition) is 7. The number of amidine groups is 1. The zero-order valence-corrected chi connectivity index (χ0v) is 13.4. The third-order valence-corrected chi connectivity index (χ3v) is 3.28. The number of aromatic nitrogens is 3. The molecule has 27 heavy (non-hydrogen) atoms. The van der Waals surface area contributed by atoms with E-state index in [2.05, 4.69) is 20.4 Å². The Morgan fingerprint density at radius 3 is 2.59 bits per heavy atom. The maximum Gasteiger partial charge on any atom is 0.452 e. The maximum atomic E-state index is 12.8. The molecule has 0 bridgehead atoms. The molecule has 0 radical (unpaired) electrons. The third-order valence-electron chi connectivity index (χ3n) is 2.98. The van der Waals surface area contributed by atoms with E-state index in [1.807, 2.05) is 0 Å². The molecule has 0 spiro atoms. The highest BCUT2D eigenvalue weighted by atomic mass is 35.5. The Labute approximate surface area is 155 Å². The van der Waals surface area contributed by atoms with Gasteiger partial charge < -0.3 is 5.84 Å². The van der Waals surface area contributed by atoms with Crippen molar-refractivity contribution in [1.82, 2.24) is 19.8 Å². The van der Waals surface area contributed by atoms with Gasteiger partial charge in [-0.1, -0.05) is 19.0 Å². The van der Waals surface area contributed by atoms with Crippen LogP contribution in [0.25, 0.3) is 5.82 Å². The lowest BCUT2D eigenvalue weighted by Gasteiger charge is -2.20. The SMILES string of the molecule is C.N/N=C(\N(N)Cc1cc(C(=O)N=O)n(-c2ncccc2Cl)n1)C(F)(F)F. The number of amides is 1. The first-order valence-corrected chi connectivity index (χ1v) is 7.01. The highest BCUT2D eigenvalue weighted by Crippen LogP contribution is 2.22. The fourth-order valence-corrected chi connectivity index (χ4v) is 2.16. The number of rotatable bonds is 4. The van der Waals surface area contributed by atoms with E-state index in [1.54, 1.807) is 0 Å². The zero-order valence-electron chi connectivity index (χ0n) is 12.7. The average molecular weight is 407 g/mol. The number of carbonyl (C=O) groups excluding carboxylic acids is 1. The van der Waals surface area contributed by atoms with Gasteiger partial charge in [0.25, 0.3) is 0 Å². The van der Waals surface area contributed by atoms with Crippen LogP contribution >= 0.6 is 11.6 Å². The standard InChI is InChI=1S/C12H10ClF3N8O2.CH4/c13-7-2-1-3-19-9(7)24-8(10(25)22-26)4-6(21-24)5-23(18)11(20-17)12(14,15)16;/h1-4H,5,17-18H2;1H4/b20-11-;. The molecule has 0 fully saturated rings. The van der Waals surface area contributed by atoms with Crippen molar-refractivity contribution in [2.75, 3.05) is 0 Å². The molecule has 2 heterocycles. The first-order valence-electron chi connectivity index (χ1n) is 6.63. The quantitative estimate of drug-likeness (QED) is 0.259. The van der Waals surface area contributed by atoms with E-state index in [9.17, 15) is 22.9 Å². The normalized spacial score (nSPS) is 11.7. The largest absolute Gasteiger partial charge is 0.452 e. The van der Waals surface area contributed by atoms with Crippen LogP contribution in [0.5, 0.6) is 0 Å². The van der Waals surface area contributed by atoms with Gasteiger partial charge >= 0.3 is 12.1 Å². The number of nitrogens with zero attached hydrogens (tertiary/aromatic N) is 6. The smallest absolute Gasteiger partial charge is 0.321 e. The molecule has 0 aliphatic heterocycles. The van der Waals surface area contributed by atoms with E-state index in [1.165, 1.54) is 18.3 Å². The molecule has 146 valence electrons. The fraction of sp³-hybridized carbons (Fsp3) is 0.231. The maximum absolute atomic E-state index is 12.8. The van der Waals surface area contributed by atoms with Crippen LogP contribution in [-0.4, -0.2) is 37.7 Å². The van der Waals surface area contributed by atoms with Crippen LogP contribution in [0.1, 0.15) is 23.6 Å². The fourth-order valence-electron chi connectivity index (χ4n) is 1.96. The number of nitrogens with two attached hydrogens (primary N) is 2. The first kappa shape index (κ1) is 22.0. The second-order valence-corrected chi connectivity index (χ2v) is 5.12. The Morgan fingerprint density at radius 2 is 2.07 bits per heavy atom. The molecule has 2 aromatic rings. The summed E-state index contributed by atoms with van der Waals surface area (Å²) in [5, 5.41) is 9.04. The molecule has 2 rings (SSSR count). The molecule has 14 heteroatoms. The monoisotopic (exact) mass is 406 g/mol. The van der Waals surface area contributed by atoms with E-state index in [0.29, 0.717) is 0 Å². The molecule has 0 saturated heterocycles.